The Morgan fingerprint density at radius 3 is 2.40 bits per heavy atom. The molecule has 1 fully saturated rings. The molecule has 0 spiro atoms. The number of hydrogen-bond donors (Lipinski definition) is 3. The van der Waals surface area contributed by atoms with Crippen molar-refractivity contribution in [1.82, 2.24) is 9.97 Å². The predicted molar refractivity (Wildman–Crippen MR) is 94.4 cm³/mol. The summed E-state index contributed by atoms with van der Waals surface area (Å²) in [6.45, 7) is 1.27. The van der Waals surface area contributed by atoms with Crippen molar-refractivity contribution < 1.29 is 9.59 Å². The maximum Gasteiger partial charge on any atom is 0.254 e. The molecule has 8 heteroatoms. The van der Waals surface area contributed by atoms with Gasteiger partial charge in [-0.15, -0.1) is 0 Å². The van der Waals surface area contributed by atoms with Gasteiger partial charge in [-0.3, -0.25) is 9.59 Å². The highest BCUT2D eigenvalue weighted by Gasteiger charge is 2.25. The third kappa shape index (κ3) is 3.85. The smallest absolute Gasteiger partial charge is 0.254 e. The molecule has 8 nitrogen and oxygen atoms in total. The minimum absolute atomic E-state index is 0.108. The van der Waals surface area contributed by atoms with Crippen LogP contribution in [0.5, 0.6) is 0 Å². The largest absolute Gasteiger partial charge is 0.369 e. The predicted octanol–water partition coefficient (Wildman–Crippen LogP) is 1.02. The minimum atomic E-state index is -0.600. The van der Waals surface area contributed by atoms with Crippen LogP contribution in [-0.2, 0) is 4.79 Å². The third-order valence-corrected chi connectivity index (χ3v) is 4.26. The summed E-state index contributed by atoms with van der Waals surface area (Å²) < 4.78 is 0. The molecule has 1 aliphatic rings. The van der Waals surface area contributed by atoms with Gasteiger partial charge >= 0.3 is 0 Å². The summed E-state index contributed by atoms with van der Waals surface area (Å²) in [6.07, 6.45) is 2.76. The Morgan fingerprint density at radius 1 is 1.12 bits per heavy atom. The maximum atomic E-state index is 11.7. The van der Waals surface area contributed by atoms with Crippen LogP contribution in [-0.4, -0.2) is 34.9 Å². The fourth-order valence-electron chi connectivity index (χ4n) is 2.82. The van der Waals surface area contributed by atoms with Gasteiger partial charge in [0.25, 0.3) is 5.91 Å². The number of aromatic nitrogens is 2. The number of hydrogen-bond acceptors (Lipinski definition) is 6. The number of primary amides is 2. The molecule has 2 aromatic rings. The van der Waals surface area contributed by atoms with Crippen molar-refractivity contribution in [2.24, 2.45) is 17.4 Å². The Morgan fingerprint density at radius 2 is 1.80 bits per heavy atom. The molecular formula is C17H20N6O2. The van der Waals surface area contributed by atoms with E-state index in [0.29, 0.717) is 37.7 Å². The molecule has 1 saturated heterocycles. The summed E-state index contributed by atoms with van der Waals surface area (Å²) in [5.41, 5.74) is 11.8. The number of nitrogens with zero attached hydrogens (tertiary/aromatic N) is 3. The molecule has 0 atom stereocenters. The van der Waals surface area contributed by atoms with E-state index in [1.807, 2.05) is 35.2 Å². The highest BCUT2D eigenvalue weighted by molar-refractivity contribution is 5.98. The van der Waals surface area contributed by atoms with E-state index in [2.05, 4.69) is 15.3 Å². The average molecular weight is 340 g/mol. The summed E-state index contributed by atoms with van der Waals surface area (Å²) in [6, 6.07) is 9.39. The number of benzene rings is 1. The zero-order valence-electron chi connectivity index (χ0n) is 13.7. The Bertz CT molecular complexity index is 772. The average Bonchev–Trinajstić information content (AvgIpc) is 2.62. The van der Waals surface area contributed by atoms with Crippen molar-refractivity contribution in [1.29, 1.82) is 0 Å². The minimum Gasteiger partial charge on any atom is -0.369 e. The lowest BCUT2D eigenvalue weighted by Gasteiger charge is -2.30. The van der Waals surface area contributed by atoms with E-state index in [0.717, 1.165) is 5.69 Å². The second-order valence-corrected chi connectivity index (χ2v) is 5.95. The summed E-state index contributed by atoms with van der Waals surface area (Å²) in [7, 11) is 0. The SMILES string of the molecule is NC(=O)c1cnc(N2CCC(C(N)=O)CC2)nc1Nc1ccccc1. The van der Waals surface area contributed by atoms with E-state index in [4.69, 9.17) is 11.5 Å². The molecular weight excluding hydrogens is 320 g/mol. The Balaban J connectivity index is 1.83. The summed E-state index contributed by atoms with van der Waals surface area (Å²) in [5, 5.41) is 3.11. The van der Waals surface area contributed by atoms with Crippen molar-refractivity contribution in [2.45, 2.75) is 12.8 Å². The number of amides is 2. The van der Waals surface area contributed by atoms with Gasteiger partial charge in [0.1, 0.15) is 11.4 Å². The van der Waals surface area contributed by atoms with E-state index >= 15 is 0 Å². The number of nitrogens with two attached hydrogens (primary N) is 2. The molecule has 2 heterocycles. The molecule has 1 aromatic carbocycles. The number of rotatable bonds is 5. The standard InChI is InChI=1S/C17H20N6O2/c18-14(24)11-6-8-23(9-7-11)17-20-10-13(15(19)25)16(22-17)21-12-4-2-1-3-5-12/h1-5,10-11H,6-9H2,(H2,18,24)(H2,19,25)(H,20,21,22). The number of carbonyl (C=O) groups is 2. The first kappa shape index (κ1) is 16.7. The van der Waals surface area contributed by atoms with Crippen LogP contribution in [0.2, 0.25) is 0 Å². The zero-order chi connectivity index (χ0) is 17.8. The van der Waals surface area contributed by atoms with Gasteiger partial charge < -0.3 is 21.7 Å². The van der Waals surface area contributed by atoms with Crippen LogP contribution in [0.15, 0.2) is 36.5 Å². The fraction of sp³-hybridized carbons (Fsp3) is 0.294. The summed E-state index contributed by atoms with van der Waals surface area (Å²) in [4.78, 5) is 33.6. The van der Waals surface area contributed by atoms with E-state index in [-0.39, 0.29) is 17.4 Å². The van der Waals surface area contributed by atoms with Crippen molar-refractivity contribution in [3.63, 3.8) is 0 Å². The molecule has 5 N–H and O–H groups in total. The molecule has 0 radical (unpaired) electrons. The van der Waals surface area contributed by atoms with E-state index in [9.17, 15) is 9.59 Å². The molecule has 0 bridgehead atoms. The van der Waals surface area contributed by atoms with E-state index < -0.39 is 5.91 Å². The Kier molecular flexibility index (Phi) is 4.78. The van der Waals surface area contributed by atoms with Crippen LogP contribution in [0.25, 0.3) is 0 Å². The second kappa shape index (κ2) is 7.16. The number of piperidine rings is 1. The third-order valence-electron chi connectivity index (χ3n) is 4.26. The van der Waals surface area contributed by atoms with E-state index in [1.165, 1.54) is 6.20 Å². The monoisotopic (exact) mass is 340 g/mol. The molecule has 0 saturated carbocycles. The number of nitrogens with one attached hydrogen (secondary N) is 1. The van der Waals surface area contributed by atoms with Crippen LogP contribution >= 0.6 is 0 Å². The van der Waals surface area contributed by atoms with Gasteiger partial charge in [-0.05, 0) is 25.0 Å². The van der Waals surface area contributed by atoms with Crippen LogP contribution < -0.4 is 21.7 Å². The Hall–Kier alpha value is -3.16. The lowest BCUT2D eigenvalue weighted by molar-refractivity contribution is -0.122. The van der Waals surface area contributed by atoms with Gasteiger partial charge in [-0.2, -0.15) is 4.98 Å². The van der Waals surface area contributed by atoms with Crippen LogP contribution in [0, 0.1) is 5.92 Å². The summed E-state index contributed by atoms with van der Waals surface area (Å²) >= 11 is 0. The van der Waals surface area contributed by atoms with Gasteiger partial charge in [0.05, 0.1) is 0 Å². The second-order valence-electron chi connectivity index (χ2n) is 5.95. The molecule has 1 aliphatic heterocycles. The molecule has 0 unspecified atom stereocenters. The highest BCUT2D eigenvalue weighted by Crippen LogP contribution is 2.24. The molecule has 2 amide bonds. The molecule has 25 heavy (non-hydrogen) atoms. The van der Waals surface area contributed by atoms with Crippen molar-refractivity contribution >= 4 is 29.3 Å². The molecule has 3 rings (SSSR count). The van der Waals surface area contributed by atoms with Gasteiger partial charge in [0, 0.05) is 30.9 Å². The lowest BCUT2D eigenvalue weighted by Crippen LogP contribution is -2.39. The Labute approximate surface area is 145 Å². The van der Waals surface area contributed by atoms with E-state index in [1.54, 1.807) is 0 Å². The first-order chi connectivity index (χ1) is 12.0. The highest BCUT2D eigenvalue weighted by atomic mass is 16.1. The topological polar surface area (TPSA) is 127 Å². The first-order valence-electron chi connectivity index (χ1n) is 8.08. The van der Waals surface area contributed by atoms with Crippen LogP contribution in [0.1, 0.15) is 23.2 Å². The van der Waals surface area contributed by atoms with Gasteiger partial charge in [-0.25, -0.2) is 4.98 Å². The van der Waals surface area contributed by atoms with Gasteiger partial charge in [0.15, 0.2) is 0 Å². The fourth-order valence-corrected chi connectivity index (χ4v) is 2.82. The number of carbonyl (C=O) groups excluding carboxylic acids is 2. The molecule has 0 aliphatic carbocycles. The normalized spacial score (nSPS) is 15.0. The zero-order valence-corrected chi connectivity index (χ0v) is 13.7. The number of anilines is 3. The molecule has 130 valence electrons. The first-order valence-corrected chi connectivity index (χ1v) is 8.08. The van der Waals surface area contributed by atoms with Crippen LogP contribution in [0.4, 0.5) is 17.5 Å². The maximum absolute atomic E-state index is 11.7. The summed E-state index contributed by atoms with van der Waals surface area (Å²) in [5.74, 6) is -0.122. The van der Waals surface area contributed by atoms with Crippen molar-refractivity contribution in [3.8, 4) is 0 Å². The lowest BCUT2D eigenvalue weighted by atomic mass is 9.96. The van der Waals surface area contributed by atoms with Gasteiger partial charge in [-0.1, -0.05) is 18.2 Å². The number of para-hydroxylation sites is 1. The van der Waals surface area contributed by atoms with Gasteiger partial charge in [0.2, 0.25) is 11.9 Å². The van der Waals surface area contributed by atoms with Crippen molar-refractivity contribution in [2.75, 3.05) is 23.3 Å². The van der Waals surface area contributed by atoms with Crippen LogP contribution in [0.3, 0.4) is 0 Å². The quantitative estimate of drug-likeness (QED) is 0.746. The molecule has 1 aromatic heterocycles. The van der Waals surface area contributed by atoms with Crippen molar-refractivity contribution in [3.05, 3.63) is 42.1 Å².